The summed E-state index contributed by atoms with van der Waals surface area (Å²) in [4.78, 5) is 24.3. The first-order valence-electron chi connectivity index (χ1n) is 17.2. The van der Waals surface area contributed by atoms with Gasteiger partial charge in [-0.3, -0.25) is 0 Å². The van der Waals surface area contributed by atoms with Gasteiger partial charge in [0.1, 0.15) is 37.9 Å². The van der Waals surface area contributed by atoms with E-state index in [1.807, 2.05) is 0 Å². The Morgan fingerprint density at radius 3 is 1.27 bits per heavy atom. The summed E-state index contributed by atoms with van der Waals surface area (Å²) in [5.41, 5.74) is 15.4. The maximum atomic E-state index is 6.56. The van der Waals surface area contributed by atoms with Crippen LogP contribution in [0.3, 0.4) is 0 Å². The van der Waals surface area contributed by atoms with E-state index in [9.17, 15) is 0 Å². The van der Waals surface area contributed by atoms with Crippen LogP contribution in [-0.2, 0) is 0 Å². The van der Waals surface area contributed by atoms with Crippen molar-refractivity contribution >= 4 is 83.6 Å². The van der Waals surface area contributed by atoms with Crippen LogP contribution in [0.4, 0.5) is 0 Å². The molecule has 3 heterocycles. The molecule has 0 aliphatic rings. The zero-order valence-corrected chi connectivity index (χ0v) is 33.9. The van der Waals surface area contributed by atoms with Crippen LogP contribution in [0.25, 0.3) is 44.3 Å². The SMILES string of the molecule is CC(C)[Si](C#Cc1c2ccccc2c(C#C[Si](C(C)C)(C(C)C)C(C)C)c2nc3nc4c(Cl)cc(Cl)nc4nc3nc12)(C(C)C)C(C)C. The van der Waals surface area contributed by atoms with Crippen molar-refractivity contribution in [2.45, 2.75) is 116 Å². The average Bonchev–Trinajstić information content (AvgIpc) is 2.99. The summed E-state index contributed by atoms with van der Waals surface area (Å²) in [7, 11) is -4.16. The summed E-state index contributed by atoms with van der Waals surface area (Å²) >= 11 is 12.8. The van der Waals surface area contributed by atoms with Gasteiger partial charge >= 0.3 is 0 Å². The van der Waals surface area contributed by atoms with Crippen LogP contribution in [-0.4, -0.2) is 41.1 Å². The van der Waals surface area contributed by atoms with E-state index in [0.29, 0.717) is 71.8 Å². The van der Waals surface area contributed by atoms with Gasteiger partial charge in [-0.1, -0.05) is 142 Å². The van der Waals surface area contributed by atoms with Crippen LogP contribution < -0.4 is 0 Å². The Balaban J connectivity index is 2.00. The van der Waals surface area contributed by atoms with Crippen molar-refractivity contribution in [1.82, 2.24) is 24.9 Å². The van der Waals surface area contributed by atoms with Crippen molar-refractivity contribution < 1.29 is 0 Å². The highest BCUT2D eigenvalue weighted by molar-refractivity contribution is 6.91. The molecule has 48 heavy (non-hydrogen) atoms. The van der Waals surface area contributed by atoms with Crippen molar-refractivity contribution in [2.75, 3.05) is 0 Å². The minimum absolute atomic E-state index is 0.246. The molecule has 0 spiro atoms. The van der Waals surface area contributed by atoms with Crippen molar-refractivity contribution in [1.29, 1.82) is 0 Å². The molecule has 5 aromatic rings. The van der Waals surface area contributed by atoms with Gasteiger partial charge in [0.05, 0.1) is 16.1 Å². The number of pyridine rings is 1. The first-order chi connectivity index (χ1) is 22.6. The Morgan fingerprint density at radius 1 is 0.500 bits per heavy atom. The van der Waals surface area contributed by atoms with E-state index < -0.39 is 16.1 Å². The predicted molar refractivity (Wildman–Crippen MR) is 211 cm³/mol. The van der Waals surface area contributed by atoms with Gasteiger partial charge in [-0.25, -0.2) is 24.9 Å². The highest BCUT2D eigenvalue weighted by Gasteiger charge is 2.43. The van der Waals surface area contributed by atoms with Gasteiger partial charge in [0.2, 0.25) is 5.65 Å². The molecule has 0 saturated heterocycles. The van der Waals surface area contributed by atoms with Crippen LogP contribution >= 0.6 is 23.2 Å². The number of hydrogen-bond donors (Lipinski definition) is 0. The summed E-state index contributed by atoms with van der Waals surface area (Å²) in [5.74, 6) is 7.51. The third-order valence-electron chi connectivity index (χ3n) is 10.7. The molecule has 2 aromatic carbocycles. The normalized spacial score (nSPS) is 12.8. The Kier molecular flexibility index (Phi) is 10.3. The van der Waals surface area contributed by atoms with Crippen molar-refractivity contribution in [3.63, 3.8) is 0 Å². The molecule has 0 radical (unpaired) electrons. The zero-order chi connectivity index (χ0) is 35.3. The molecule has 0 fully saturated rings. The monoisotopic (exact) mass is 711 g/mol. The lowest BCUT2D eigenvalue weighted by molar-refractivity contribution is 0.838. The standard InChI is InChI=1S/C39H47Cl2N5Si2/c1-22(2)47(23(3)4,24(5)6)19-17-30-28-15-13-14-16-29(28)31(18-20-48(25(7)8,26(9)10)27(11)12)35-34(30)43-38-39(44-35)46-37-36(45-38)32(40)21-33(41)42-37/h13-16,21-27H,1-12H3. The van der Waals surface area contributed by atoms with Gasteiger partial charge in [-0.15, -0.1) is 11.1 Å². The first kappa shape index (κ1) is 36.2. The molecule has 0 atom stereocenters. The van der Waals surface area contributed by atoms with Crippen LogP contribution in [0.1, 0.15) is 94.2 Å². The maximum Gasteiger partial charge on any atom is 0.200 e. The predicted octanol–water partition coefficient (Wildman–Crippen LogP) is 11.7. The van der Waals surface area contributed by atoms with E-state index in [4.69, 9.17) is 43.1 Å². The molecule has 0 bridgehead atoms. The summed E-state index contributed by atoms with van der Waals surface area (Å²) in [6.07, 6.45) is 0. The molecule has 250 valence electrons. The fraction of sp³-hybridized carbons (Fsp3) is 0.462. The molecular weight excluding hydrogens is 666 g/mol. The Morgan fingerprint density at radius 2 is 0.875 bits per heavy atom. The molecule has 9 heteroatoms. The fourth-order valence-electron chi connectivity index (χ4n) is 8.40. The van der Waals surface area contributed by atoms with Crippen LogP contribution in [0.5, 0.6) is 0 Å². The molecular formula is C39H47Cl2N5Si2. The summed E-state index contributed by atoms with van der Waals surface area (Å²) in [6.45, 7) is 28.0. The van der Waals surface area contributed by atoms with Gasteiger partial charge in [0.25, 0.3) is 0 Å². The molecule has 0 saturated carbocycles. The third-order valence-corrected chi connectivity index (χ3v) is 23.7. The Labute approximate surface area is 298 Å². The number of halogens is 2. The molecule has 0 N–H and O–H groups in total. The lowest BCUT2D eigenvalue weighted by atomic mass is 9.97. The van der Waals surface area contributed by atoms with Gasteiger partial charge < -0.3 is 0 Å². The second kappa shape index (κ2) is 13.7. The molecule has 5 nitrogen and oxygen atoms in total. The fourth-order valence-corrected chi connectivity index (χ4v) is 19.3. The number of fused-ring (bicyclic) bond motifs is 4. The van der Waals surface area contributed by atoms with E-state index in [1.54, 1.807) is 6.07 Å². The quantitative estimate of drug-likeness (QED) is 0.0759. The van der Waals surface area contributed by atoms with Gasteiger partial charge in [-0.2, -0.15) is 0 Å². The second-order valence-corrected chi connectivity index (χ2v) is 26.9. The molecule has 0 unspecified atom stereocenters. The molecule has 0 amide bonds. The van der Waals surface area contributed by atoms with E-state index in [-0.39, 0.29) is 5.15 Å². The Bertz CT molecular complexity index is 2120. The second-order valence-electron chi connectivity index (χ2n) is 15.0. The molecule has 5 rings (SSSR count). The average molecular weight is 713 g/mol. The number of rotatable bonds is 6. The van der Waals surface area contributed by atoms with Crippen molar-refractivity contribution in [3.8, 4) is 22.9 Å². The third kappa shape index (κ3) is 6.02. The largest absolute Gasteiger partial charge is 0.222 e. The number of aromatic nitrogens is 5. The van der Waals surface area contributed by atoms with Crippen molar-refractivity contribution in [3.05, 3.63) is 51.6 Å². The molecule has 0 aliphatic heterocycles. The zero-order valence-electron chi connectivity index (χ0n) is 30.3. The number of nitrogens with zero attached hydrogens (tertiary/aromatic N) is 5. The summed E-state index contributed by atoms with van der Waals surface area (Å²) < 4.78 is 0. The van der Waals surface area contributed by atoms with E-state index in [1.165, 1.54) is 0 Å². The van der Waals surface area contributed by atoms with E-state index in [2.05, 4.69) is 135 Å². The minimum Gasteiger partial charge on any atom is -0.222 e. The molecule has 3 aromatic heterocycles. The Hall–Kier alpha value is -3.08. The van der Waals surface area contributed by atoms with Crippen LogP contribution in [0.15, 0.2) is 30.3 Å². The first-order valence-corrected chi connectivity index (χ1v) is 22.4. The topological polar surface area (TPSA) is 64.5 Å². The van der Waals surface area contributed by atoms with Crippen LogP contribution in [0.2, 0.25) is 43.4 Å². The van der Waals surface area contributed by atoms with Crippen molar-refractivity contribution in [2.24, 2.45) is 0 Å². The van der Waals surface area contributed by atoms with Crippen LogP contribution in [0, 0.1) is 22.9 Å². The lowest BCUT2D eigenvalue weighted by Crippen LogP contribution is -2.43. The minimum atomic E-state index is -2.08. The smallest absolute Gasteiger partial charge is 0.200 e. The highest BCUT2D eigenvalue weighted by Crippen LogP contribution is 2.43. The molecule has 0 aliphatic carbocycles. The maximum absolute atomic E-state index is 6.56. The lowest BCUT2D eigenvalue weighted by Gasteiger charge is -2.38. The highest BCUT2D eigenvalue weighted by atomic mass is 35.5. The van der Waals surface area contributed by atoms with E-state index >= 15 is 0 Å². The van der Waals surface area contributed by atoms with E-state index in [0.717, 1.165) is 21.9 Å². The van der Waals surface area contributed by atoms with Gasteiger partial charge in [0.15, 0.2) is 11.3 Å². The van der Waals surface area contributed by atoms with Gasteiger partial charge in [0, 0.05) is 10.8 Å². The van der Waals surface area contributed by atoms with Gasteiger partial charge in [-0.05, 0) is 39.3 Å². The number of hydrogen-bond acceptors (Lipinski definition) is 5. The summed E-state index contributed by atoms with van der Waals surface area (Å²) in [6, 6.07) is 10.00. The summed E-state index contributed by atoms with van der Waals surface area (Å²) in [5, 5.41) is 2.67. The number of benzene rings is 2.